The molecule has 0 saturated carbocycles. The van der Waals surface area contributed by atoms with Gasteiger partial charge in [-0.3, -0.25) is 4.79 Å². The molecule has 1 atom stereocenters. The molecule has 1 aromatic carbocycles. The van der Waals surface area contributed by atoms with Crippen LogP contribution in [-0.2, 0) is 9.53 Å². The van der Waals surface area contributed by atoms with Crippen LogP contribution < -0.4 is 10.1 Å². The Morgan fingerprint density at radius 1 is 1.33 bits per heavy atom. The van der Waals surface area contributed by atoms with Crippen molar-refractivity contribution in [1.29, 1.82) is 0 Å². The zero-order valence-electron chi connectivity index (χ0n) is 12.5. The summed E-state index contributed by atoms with van der Waals surface area (Å²) in [5, 5.41) is 2.93. The smallest absolute Gasteiger partial charge is 0.325 e. The predicted octanol–water partition coefficient (Wildman–Crippen LogP) is 2.67. The maximum absolute atomic E-state index is 13.3. The molecule has 0 fully saturated rings. The van der Waals surface area contributed by atoms with E-state index >= 15 is 0 Å². The van der Waals surface area contributed by atoms with Crippen molar-refractivity contribution in [1.82, 2.24) is 5.32 Å². The van der Waals surface area contributed by atoms with E-state index in [9.17, 15) is 13.6 Å². The first-order valence-electron chi connectivity index (χ1n) is 6.78. The summed E-state index contributed by atoms with van der Waals surface area (Å²) in [6, 6.07) is 3.08. The largest absolute Gasteiger partial charge is 0.490 e. The number of rotatable bonds is 8. The molecule has 0 aliphatic carbocycles. The zero-order valence-corrected chi connectivity index (χ0v) is 12.5. The van der Waals surface area contributed by atoms with Crippen molar-refractivity contribution in [2.24, 2.45) is 0 Å². The molecule has 0 radical (unpaired) electrons. The van der Waals surface area contributed by atoms with Crippen molar-refractivity contribution in [2.75, 3.05) is 20.8 Å². The number of carbonyl (C=O) groups excluding carboxylic acids is 1. The summed E-state index contributed by atoms with van der Waals surface area (Å²) in [4.78, 5) is 11.6. The summed E-state index contributed by atoms with van der Waals surface area (Å²) < 4.78 is 36.2. The molecule has 0 aromatic heterocycles. The highest BCUT2D eigenvalue weighted by Crippen LogP contribution is 2.19. The molecule has 1 aromatic rings. The fourth-order valence-corrected chi connectivity index (χ4v) is 1.90. The molecule has 4 nitrogen and oxygen atoms in total. The van der Waals surface area contributed by atoms with Crippen LogP contribution in [0.25, 0.3) is 0 Å². The molecule has 1 rings (SSSR count). The van der Waals surface area contributed by atoms with Gasteiger partial charge in [0.2, 0.25) is 0 Å². The quantitative estimate of drug-likeness (QED) is 0.592. The lowest BCUT2D eigenvalue weighted by Gasteiger charge is -2.25. The highest BCUT2D eigenvalue weighted by Gasteiger charge is 2.31. The first-order chi connectivity index (χ1) is 9.92. The van der Waals surface area contributed by atoms with E-state index in [1.54, 1.807) is 14.0 Å². The Labute approximate surface area is 123 Å². The van der Waals surface area contributed by atoms with Crippen molar-refractivity contribution >= 4 is 5.97 Å². The number of benzene rings is 1. The van der Waals surface area contributed by atoms with Gasteiger partial charge >= 0.3 is 5.97 Å². The predicted molar refractivity (Wildman–Crippen MR) is 75.2 cm³/mol. The highest BCUT2D eigenvalue weighted by atomic mass is 19.1. The van der Waals surface area contributed by atoms with Crippen LogP contribution >= 0.6 is 0 Å². The van der Waals surface area contributed by atoms with E-state index in [0.717, 1.165) is 18.2 Å². The SMILES string of the molecule is CNC(C)(CCCCOc1cc(F)ccc1F)C(=O)OC. The minimum Gasteiger partial charge on any atom is -0.490 e. The van der Waals surface area contributed by atoms with Gasteiger partial charge in [0.15, 0.2) is 11.6 Å². The van der Waals surface area contributed by atoms with Gasteiger partial charge in [0.1, 0.15) is 11.4 Å². The third kappa shape index (κ3) is 4.97. The Morgan fingerprint density at radius 3 is 2.67 bits per heavy atom. The fourth-order valence-electron chi connectivity index (χ4n) is 1.90. The van der Waals surface area contributed by atoms with Crippen molar-refractivity contribution in [2.45, 2.75) is 31.7 Å². The van der Waals surface area contributed by atoms with Crippen LogP contribution in [0.5, 0.6) is 5.75 Å². The molecule has 1 unspecified atom stereocenters. The number of methoxy groups -OCH3 is 1. The Hall–Kier alpha value is -1.69. The summed E-state index contributed by atoms with van der Waals surface area (Å²) in [5.74, 6) is -1.56. The first-order valence-corrected chi connectivity index (χ1v) is 6.78. The van der Waals surface area contributed by atoms with Crippen LogP contribution in [0, 0.1) is 11.6 Å². The summed E-state index contributed by atoms with van der Waals surface area (Å²) >= 11 is 0. The molecular weight excluding hydrogens is 280 g/mol. The van der Waals surface area contributed by atoms with Gasteiger partial charge in [0.25, 0.3) is 0 Å². The minimum absolute atomic E-state index is 0.0978. The third-order valence-corrected chi connectivity index (χ3v) is 3.41. The molecule has 21 heavy (non-hydrogen) atoms. The maximum Gasteiger partial charge on any atom is 0.325 e. The molecule has 0 amide bonds. The number of nitrogens with one attached hydrogen (secondary N) is 1. The average molecular weight is 301 g/mol. The van der Waals surface area contributed by atoms with E-state index in [4.69, 9.17) is 9.47 Å². The molecule has 6 heteroatoms. The minimum atomic E-state index is -0.751. The molecule has 0 spiro atoms. The van der Waals surface area contributed by atoms with Gasteiger partial charge in [-0.15, -0.1) is 0 Å². The Kier molecular flexibility index (Phi) is 6.55. The number of carbonyl (C=O) groups is 1. The summed E-state index contributed by atoms with van der Waals surface area (Å²) in [6.45, 7) is 2.01. The van der Waals surface area contributed by atoms with Gasteiger partial charge < -0.3 is 14.8 Å². The molecule has 0 aliphatic heterocycles. The van der Waals surface area contributed by atoms with Gasteiger partial charge in [-0.2, -0.15) is 0 Å². The molecule has 0 bridgehead atoms. The monoisotopic (exact) mass is 301 g/mol. The van der Waals surface area contributed by atoms with Crippen molar-refractivity contribution in [3.63, 3.8) is 0 Å². The number of hydrogen-bond donors (Lipinski definition) is 1. The Balaban J connectivity index is 2.37. The van der Waals surface area contributed by atoms with Crippen LogP contribution in [0.1, 0.15) is 26.2 Å². The lowest BCUT2D eigenvalue weighted by atomic mass is 9.95. The summed E-state index contributed by atoms with van der Waals surface area (Å²) in [6.07, 6.45) is 1.86. The van der Waals surface area contributed by atoms with Gasteiger partial charge in [-0.05, 0) is 45.4 Å². The van der Waals surface area contributed by atoms with E-state index in [-0.39, 0.29) is 18.3 Å². The second kappa shape index (κ2) is 7.93. The van der Waals surface area contributed by atoms with Crippen LogP contribution in [0.4, 0.5) is 8.78 Å². The number of likely N-dealkylation sites (N-methyl/N-ethyl adjacent to an activating group) is 1. The summed E-state index contributed by atoms with van der Waals surface area (Å²) in [7, 11) is 3.03. The lowest BCUT2D eigenvalue weighted by Crippen LogP contribution is -2.48. The number of halogens is 2. The van der Waals surface area contributed by atoms with Crippen LogP contribution in [0.3, 0.4) is 0 Å². The number of unbranched alkanes of at least 4 members (excludes halogenated alkanes) is 1. The third-order valence-electron chi connectivity index (χ3n) is 3.41. The van der Waals surface area contributed by atoms with Gasteiger partial charge in [0, 0.05) is 6.07 Å². The van der Waals surface area contributed by atoms with E-state index in [0.29, 0.717) is 19.3 Å². The van der Waals surface area contributed by atoms with Crippen LogP contribution in [-0.4, -0.2) is 32.3 Å². The van der Waals surface area contributed by atoms with Crippen molar-refractivity contribution in [3.05, 3.63) is 29.8 Å². The first kappa shape index (κ1) is 17.4. The van der Waals surface area contributed by atoms with Gasteiger partial charge in [-0.25, -0.2) is 8.78 Å². The second-order valence-electron chi connectivity index (χ2n) is 4.95. The highest BCUT2D eigenvalue weighted by molar-refractivity contribution is 5.80. The van der Waals surface area contributed by atoms with E-state index < -0.39 is 17.2 Å². The molecule has 1 N–H and O–H groups in total. The fraction of sp³-hybridized carbons (Fsp3) is 0.533. The Bertz CT molecular complexity index is 482. The van der Waals surface area contributed by atoms with Crippen molar-refractivity contribution < 1.29 is 23.0 Å². The molecular formula is C15H21F2NO3. The van der Waals surface area contributed by atoms with Crippen LogP contribution in [0.2, 0.25) is 0 Å². The van der Waals surface area contributed by atoms with E-state index in [2.05, 4.69) is 5.32 Å². The average Bonchev–Trinajstić information content (AvgIpc) is 2.49. The Morgan fingerprint density at radius 2 is 2.05 bits per heavy atom. The molecule has 0 heterocycles. The standard InChI is InChI=1S/C15H21F2NO3/c1-15(18-2,14(19)20-3)8-4-5-9-21-13-10-11(16)6-7-12(13)17/h6-7,10,18H,4-5,8-9H2,1-3H3. The molecule has 0 aliphatic rings. The zero-order chi connectivity index (χ0) is 15.9. The second-order valence-corrected chi connectivity index (χ2v) is 4.95. The van der Waals surface area contributed by atoms with Crippen LogP contribution in [0.15, 0.2) is 18.2 Å². The maximum atomic E-state index is 13.3. The van der Waals surface area contributed by atoms with Gasteiger partial charge in [-0.1, -0.05) is 0 Å². The summed E-state index contributed by atoms with van der Waals surface area (Å²) in [5.41, 5.74) is -0.751. The lowest BCUT2D eigenvalue weighted by molar-refractivity contribution is -0.148. The molecule has 0 saturated heterocycles. The number of ether oxygens (including phenoxy) is 2. The molecule has 118 valence electrons. The normalized spacial score (nSPS) is 13.6. The van der Waals surface area contributed by atoms with E-state index in [1.165, 1.54) is 7.11 Å². The van der Waals surface area contributed by atoms with E-state index in [1.807, 2.05) is 0 Å². The number of hydrogen-bond acceptors (Lipinski definition) is 4. The van der Waals surface area contributed by atoms with Crippen molar-refractivity contribution in [3.8, 4) is 5.75 Å². The van der Waals surface area contributed by atoms with Gasteiger partial charge in [0.05, 0.1) is 13.7 Å². The number of esters is 1. The topological polar surface area (TPSA) is 47.6 Å².